The zero-order valence-corrected chi connectivity index (χ0v) is 12.5. The molecule has 2 rings (SSSR count). The Morgan fingerprint density at radius 1 is 1.43 bits per heavy atom. The molecule has 112 valence electrons. The number of nitrogens with one attached hydrogen (secondary N) is 3. The molecule has 0 spiro atoms. The monoisotopic (exact) mass is 308 g/mol. The van der Waals surface area contributed by atoms with Gasteiger partial charge < -0.3 is 10.3 Å². The molecule has 0 saturated heterocycles. The van der Waals surface area contributed by atoms with Crippen LogP contribution >= 0.6 is 11.3 Å². The van der Waals surface area contributed by atoms with E-state index in [2.05, 4.69) is 20.3 Å². The van der Waals surface area contributed by atoms with Gasteiger partial charge in [0.25, 0.3) is 5.56 Å². The average molecular weight is 308 g/mol. The van der Waals surface area contributed by atoms with Gasteiger partial charge in [-0.25, -0.2) is 9.78 Å². The fourth-order valence-electron chi connectivity index (χ4n) is 1.99. The van der Waals surface area contributed by atoms with Crippen molar-refractivity contribution in [3.63, 3.8) is 0 Å². The lowest BCUT2D eigenvalue weighted by molar-refractivity contribution is -0.121. The Morgan fingerprint density at radius 2 is 2.19 bits per heavy atom. The molecule has 0 saturated carbocycles. The number of aromatic amines is 2. The highest BCUT2D eigenvalue weighted by atomic mass is 32.1. The second-order valence-corrected chi connectivity index (χ2v) is 5.51. The molecule has 2 aromatic heterocycles. The lowest BCUT2D eigenvalue weighted by Gasteiger charge is -2.14. The van der Waals surface area contributed by atoms with Crippen molar-refractivity contribution < 1.29 is 4.79 Å². The summed E-state index contributed by atoms with van der Waals surface area (Å²) < 4.78 is 0. The molecule has 0 bridgehead atoms. The number of hydrogen-bond donors (Lipinski definition) is 3. The molecule has 3 N–H and O–H groups in total. The fourth-order valence-corrected chi connectivity index (χ4v) is 2.76. The SMILES string of the molecule is CC[C@@H](NC(=O)Cc1c(C)[nH]c(=O)[nH]c1=O)c1nccs1. The molecule has 0 aliphatic carbocycles. The van der Waals surface area contributed by atoms with E-state index in [1.165, 1.54) is 11.3 Å². The minimum absolute atomic E-state index is 0.0835. The van der Waals surface area contributed by atoms with Crippen LogP contribution in [-0.2, 0) is 11.2 Å². The van der Waals surface area contributed by atoms with Crippen molar-refractivity contribution in [2.75, 3.05) is 0 Å². The summed E-state index contributed by atoms with van der Waals surface area (Å²) >= 11 is 1.47. The van der Waals surface area contributed by atoms with E-state index < -0.39 is 11.2 Å². The molecule has 8 heteroatoms. The van der Waals surface area contributed by atoms with Gasteiger partial charge in [0.2, 0.25) is 5.91 Å². The third kappa shape index (κ3) is 3.66. The Bertz CT molecular complexity index is 733. The van der Waals surface area contributed by atoms with Crippen LogP contribution in [0.25, 0.3) is 0 Å². The van der Waals surface area contributed by atoms with Crippen LogP contribution in [0.4, 0.5) is 0 Å². The largest absolute Gasteiger partial charge is 0.347 e. The van der Waals surface area contributed by atoms with Gasteiger partial charge in [-0.1, -0.05) is 6.92 Å². The minimum Gasteiger partial charge on any atom is -0.347 e. The topological polar surface area (TPSA) is 108 Å². The highest BCUT2D eigenvalue weighted by Crippen LogP contribution is 2.18. The average Bonchev–Trinajstić information content (AvgIpc) is 2.94. The van der Waals surface area contributed by atoms with E-state index in [4.69, 9.17) is 0 Å². The number of H-pyrrole nitrogens is 2. The summed E-state index contributed by atoms with van der Waals surface area (Å²) in [7, 11) is 0. The molecule has 0 aliphatic heterocycles. The number of aryl methyl sites for hydroxylation is 1. The first-order valence-electron chi connectivity index (χ1n) is 6.52. The van der Waals surface area contributed by atoms with Crippen molar-refractivity contribution in [1.29, 1.82) is 0 Å². The molecule has 0 aliphatic rings. The Balaban J connectivity index is 2.12. The molecular weight excluding hydrogens is 292 g/mol. The molecule has 0 radical (unpaired) electrons. The molecule has 0 aromatic carbocycles. The van der Waals surface area contributed by atoms with E-state index in [-0.39, 0.29) is 23.9 Å². The molecule has 2 heterocycles. The van der Waals surface area contributed by atoms with Gasteiger partial charge in [0.15, 0.2) is 0 Å². The number of hydrogen-bond acceptors (Lipinski definition) is 5. The predicted molar refractivity (Wildman–Crippen MR) is 79.4 cm³/mol. The maximum atomic E-state index is 12.1. The molecule has 0 unspecified atom stereocenters. The van der Waals surface area contributed by atoms with Crippen LogP contribution in [0.1, 0.15) is 35.7 Å². The maximum absolute atomic E-state index is 12.1. The van der Waals surface area contributed by atoms with E-state index in [1.807, 2.05) is 12.3 Å². The molecule has 7 nitrogen and oxygen atoms in total. The normalized spacial score (nSPS) is 12.1. The Morgan fingerprint density at radius 3 is 2.76 bits per heavy atom. The summed E-state index contributed by atoms with van der Waals surface area (Å²) in [5.41, 5.74) is -0.438. The van der Waals surface area contributed by atoms with E-state index in [0.29, 0.717) is 12.1 Å². The van der Waals surface area contributed by atoms with Crippen molar-refractivity contribution in [2.45, 2.75) is 32.7 Å². The second-order valence-electron chi connectivity index (χ2n) is 4.59. The standard InChI is InChI=1S/C13H16N4O3S/c1-3-9(12-14-4-5-21-12)16-10(18)6-8-7(2)15-13(20)17-11(8)19/h4-5,9H,3,6H2,1-2H3,(H,16,18)(H2,15,17,19,20)/t9-/m1/s1. The molecule has 1 amide bonds. The van der Waals surface area contributed by atoms with Crippen LogP contribution < -0.4 is 16.6 Å². The molecule has 1 atom stereocenters. The first kappa shape index (κ1) is 15.2. The van der Waals surface area contributed by atoms with Gasteiger partial charge in [-0.3, -0.25) is 14.6 Å². The van der Waals surface area contributed by atoms with Crippen molar-refractivity contribution in [2.24, 2.45) is 0 Å². The van der Waals surface area contributed by atoms with Crippen LogP contribution in [0.5, 0.6) is 0 Å². The quantitative estimate of drug-likeness (QED) is 0.753. The number of carbonyl (C=O) groups excluding carboxylic acids is 1. The molecular formula is C13H16N4O3S. The molecule has 0 fully saturated rings. The van der Waals surface area contributed by atoms with Crippen molar-refractivity contribution in [3.8, 4) is 0 Å². The number of rotatable bonds is 5. The maximum Gasteiger partial charge on any atom is 0.325 e. The van der Waals surface area contributed by atoms with Gasteiger partial charge in [-0.15, -0.1) is 11.3 Å². The van der Waals surface area contributed by atoms with E-state index in [1.54, 1.807) is 13.1 Å². The van der Waals surface area contributed by atoms with E-state index in [9.17, 15) is 14.4 Å². The molecule has 2 aromatic rings. The summed E-state index contributed by atoms with van der Waals surface area (Å²) in [5, 5.41) is 5.53. The fraction of sp³-hybridized carbons (Fsp3) is 0.385. The Labute approximate surface area is 124 Å². The zero-order valence-electron chi connectivity index (χ0n) is 11.7. The van der Waals surface area contributed by atoms with Gasteiger partial charge in [0.1, 0.15) is 5.01 Å². The van der Waals surface area contributed by atoms with Crippen molar-refractivity contribution in [3.05, 3.63) is 48.7 Å². The third-order valence-electron chi connectivity index (χ3n) is 3.09. The minimum atomic E-state index is -0.573. The molecule has 21 heavy (non-hydrogen) atoms. The van der Waals surface area contributed by atoms with Crippen LogP contribution in [0.15, 0.2) is 21.2 Å². The predicted octanol–water partition coefficient (Wildman–Crippen LogP) is 0.638. The number of thiazole rings is 1. The highest BCUT2D eigenvalue weighted by Gasteiger charge is 2.17. The number of amides is 1. The number of nitrogens with zero attached hydrogens (tertiary/aromatic N) is 1. The van der Waals surface area contributed by atoms with Gasteiger partial charge in [0, 0.05) is 22.8 Å². The summed E-state index contributed by atoms with van der Waals surface area (Å²) in [5.74, 6) is -0.280. The number of aromatic nitrogens is 3. The Kier molecular flexibility index (Phi) is 4.69. The first-order valence-corrected chi connectivity index (χ1v) is 7.40. The van der Waals surface area contributed by atoms with Gasteiger partial charge in [-0.2, -0.15) is 0 Å². The lowest BCUT2D eigenvalue weighted by Crippen LogP contribution is -2.34. The summed E-state index contributed by atoms with van der Waals surface area (Å²) in [6, 6.07) is -0.167. The van der Waals surface area contributed by atoms with Crippen LogP contribution in [0, 0.1) is 6.92 Å². The zero-order chi connectivity index (χ0) is 15.4. The number of carbonyl (C=O) groups is 1. The summed E-state index contributed by atoms with van der Waals surface area (Å²) in [6.07, 6.45) is 2.31. The summed E-state index contributed by atoms with van der Waals surface area (Å²) in [6.45, 7) is 3.54. The van der Waals surface area contributed by atoms with Gasteiger partial charge in [0.05, 0.1) is 12.5 Å². The van der Waals surface area contributed by atoms with Gasteiger partial charge in [-0.05, 0) is 13.3 Å². The van der Waals surface area contributed by atoms with Crippen LogP contribution in [0.2, 0.25) is 0 Å². The van der Waals surface area contributed by atoms with E-state index >= 15 is 0 Å². The smallest absolute Gasteiger partial charge is 0.325 e. The van der Waals surface area contributed by atoms with Crippen molar-refractivity contribution in [1.82, 2.24) is 20.3 Å². The third-order valence-corrected chi connectivity index (χ3v) is 3.97. The Hall–Kier alpha value is -2.22. The second kappa shape index (κ2) is 6.49. The summed E-state index contributed by atoms with van der Waals surface area (Å²) in [4.78, 5) is 43.7. The highest BCUT2D eigenvalue weighted by molar-refractivity contribution is 7.09. The van der Waals surface area contributed by atoms with Crippen molar-refractivity contribution >= 4 is 17.2 Å². The van der Waals surface area contributed by atoms with Gasteiger partial charge >= 0.3 is 5.69 Å². The first-order chi connectivity index (χ1) is 10.0. The van der Waals surface area contributed by atoms with E-state index in [0.717, 1.165) is 5.01 Å². The van der Waals surface area contributed by atoms with Crippen LogP contribution in [0.3, 0.4) is 0 Å². The van der Waals surface area contributed by atoms with Crippen LogP contribution in [-0.4, -0.2) is 20.9 Å². The lowest BCUT2D eigenvalue weighted by atomic mass is 10.1.